The van der Waals surface area contributed by atoms with Crippen molar-refractivity contribution in [2.24, 2.45) is 4.99 Å². The molecule has 0 bridgehead atoms. The number of fused-ring (bicyclic) bond motifs is 1. The van der Waals surface area contributed by atoms with Gasteiger partial charge in [-0.2, -0.15) is 4.98 Å². The highest BCUT2D eigenvalue weighted by Gasteiger charge is 2.22. The Hall–Kier alpha value is -1.64. The Morgan fingerprint density at radius 1 is 1.36 bits per heavy atom. The van der Waals surface area contributed by atoms with Gasteiger partial charge in [0.15, 0.2) is 11.8 Å². The largest absolute Gasteiger partial charge is 0.356 e. The Morgan fingerprint density at radius 2 is 2.16 bits per heavy atom. The lowest BCUT2D eigenvalue weighted by molar-refractivity contribution is 0.372. The highest BCUT2D eigenvalue weighted by atomic mass is 127. The number of guanidine groups is 1. The monoisotopic (exact) mass is 455 g/mol. The molecule has 0 saturated heterocycles. The van der Waals surface area contributed by atoms with Gasteiger partial charge in [0.25, 0.3) is 0 Å². The van der Waals surface area contributed by atoms with Crippen LogP contribution in [0.15, 0.2) is 33.8 Å². The number of nitrogens with one attached hydrogen (secondary N) is 1. The fraction of sp³-hybridized carbons (Fsp3) is 0.500. The van der Waals surface area contributed by atoms with Crippen LogP contribution in [0.1, 0.15) is 44.0 Å². The molecule has 0 fully saturated rings. The summed E-state index contributed by atoms with van der Waals surface area (Å²) in [5, 5.41) is 7.38. The number of anilines is 1. The number of aromatic nitrogens is 2. The van der Waals surface area contributed by atoms with Gasteiger partial charge >= 0.3 is 0 Å². The van der Waals surface area contributed by atoms with Crippen LogP contribution in [0.2, 0.25) is 0 Å². The van der Waals surface area contributed by atoms with Gasteiger partial charge < -0.3 is 14.7 Å². The first-order valence-corrected chi connectivity index (χ1v) is 8.65. The summed E-state index contributed by atoms with van der Waals surface area (Å²) in [6.45, 7) is 8.63. The zero-order valence-electron chi connectivity index (χ0n) is 15.0. The Bertz CT molecular complexity index is 713. The predicted octanol–water partition coefficient (Wildman–Crippen LogP) is 3.38. The summed E-state index contributed by atoms with van der Waals surface area (Å²) in [6, 6.07) is 8.51. The van der Waals surface area contributed by atoms with E-state index in [9.17, 15) is 0 Å². The molecule has 7 heteroatoms. The number of hydrogen-bond donors (Lipinski definition) is 1. The van der Waals surface area contributed by atoms with Crippen molar-refractivity contribution in [2.45, 2.75) is 39.5 Å². The van der Waals surface area contributed by atoms with Crippen LogP contribution in [0, 0.1) is 0 Å². The number of halogens is 1. The minimum absolute atomic E-state index is 0. The standard InChI is InChI=1S/C18H25N5O.HI/c1-4-19-18(23-12-10-14-7-5-6-8-15(14)23)20-11-9-16-21-17(13(2)3)22-24-16;/h5-8,13H,4,9-12H2,1-3H3,(H,19,20);1H. The van der Waals surface area contributed by atoms with E-state index in [0.29, 0.717) is 18.9 Å². The molecule has 0 aliphatic carbocycles. The van der Waals surface area contributed by atoms with Crippen LogP contribution in [-0.2, 0) is 12.8 Å². The van der Waals surface area contributed by atoms with E-state index in [1.165, 1.54) is 11.3 Å². The molecule has 0 spiro atoms. The molecule has 0 unspecified atom stereocenters. The second kappa shape index (κ2) is 9.17. The normalized spacial score (nSPS) is 13.8. The minimum Gasteiger partial charge on any atom is -0.356 e. The average Bonchev–Trinajstić information content (AvgIpc) is 3.21. The van der Waals surface area contributed by atoms with E-state index in [2.05, 4.69) is 65.4 Å². The summed E-state index contributed by atoms with van der Waals surface area (Å²) in [6.07, 6.45) is 1.71. The van der Waals surface area contributed by atoms with Crippen LogP contribution < -0.4 is 10.2 Å². The molecule has 1 aromatic carbocycles. The van der Waals surface area contributed by atoms with Gasteiger partial charge in [0.1, 0.15) is 0 Å². The Balaban J connectivity index is 0.00000225. The molecule has 0 atom stereocenters. The van der Waals surface area contributed by atoms with Crippen LogP contribution in [0.3, 0.4) is 0 Å². The number of hydrogen-bond acceptors (Lipinski definition) is 4. The molecule has 0 saturated carbocycles. The van der Waals surface area contributed by atoms with Crippen molar-refractivity contribution in [1.82, 2.24) is 15.5 Å². The molecular formula is C18H26IN5O. The summed E-state index contributed by atoms with van der Waals surface area (Å²) in [4.78, 5) is 11.4. The third-order valence-electron chi connectivity index (χ3n) is 4.07. The minimum atomic E-state index is 0. The Morgan fingerprint density at radius 3 is 2.88 bits per heavy atom. The summed E-state index contributed by atoms with van der Waals surface area (Å²) in [5.41, 5.74) is 2.62. The zero-order chi connectivity index (χ0) is 16.9. The van der Waals surface area contributed by atoms with E-state index >= 15 is 0 Å². The molecule has 1 aliphatic rings. The Kier molecular flexibility index (Phi) is 7.22. The van der Waals surface area contributed by atoms with Crippen LogP contribution in [0.4, 0.5) is 5.69 Å². The second-order valence-corrected chi connectivity index (χ2v) is 6.22. The predicted molar refractivity (Wildman–Crippen MR) is 111 cm³/mol. The molecule has 0 radical (unpaired) electrons. The van der Waals surface area contributed by atoms with Gasteiger partial charge in [-0.05, 0) is 25.0 Å². The van der Waals surface area contributed by atoms with Crippen LogP contribution >= 0.6 is 24.0 Å². The molecule has 25 heavy (non-hydrogen) atoms. The van der Waals surface area contributed by atoms with E-state index in [0.717, 1.165) is 31.3 Å². The van der Waals surface area contributed by atoms with Crippen molar-refractivity contribution >= 4 is 35.6 Å². The maximum atomic E-state index is 5.29. The number of benzene rings is 1. The van der Waals surface area contributed by atoms with E-state index in [-0.39, 0.29) is 29.9 Å². The van der Waals surface area contributed by atoms with E-state index in [1.54, 1.807) is 0 Å². The summed E-state index contributed by atoms with van der Waals surface area (Å²) < 4.78 is 5.29. The quantitative estimate of drug-likeness (QED) is 0.426. The Labute approximate surface area is 166 Å². The van der Waals surface area contributed by atoms with Gasteiger partial charge in [0.2, 0.25) is 5.89 Å². The first-order valence-electron chi connectivity index (χ1n) is 8.65. The van der Waals surface area contributed by atoms with Crippen molar-refractivity contribution in [1.29, 1.82) is 0 Å². The molecule has 3 rings (SSSR count). The van der Waals surface area contributed by atoms with Gasteiger partial charge in [-0.1, -0.05) is 37.2 Å². The number of para-hydroxylation sites is 1. The maximum absolute atomic E-state index is 5.29. The summed E-state index contributed by atoms with van der Waals surface area (Å²) in [7, 11) is 0. The molecule has 1 aliphatic heterocycles. The average molecular weight is 455 g/mol. The lowest BCUT2D eigenvalue weighted by Gasteiger charge is -2.22. The lowest BCUT2D eigenvalue weighted by atomic mass is 10.2. The van der Waals surface area contributed by atoms with Crippen molar-refractivity contribution in [3.8, 4) is 0 Å². The van der Waals surface area contributed by atoms with Gasteiger partial charge in [0, 0.05) is 31.1 Å². The van der Waals surface area contributed by atoms with Crippen molar-refractivity contribution in [3.05, 3.63) is 41.5 Å². The molecule has 2 aromatic rings. The van der Waals surface area contributed by atoms with Crippen LogP contribution in [0.5, 0.6) is 0 Å². The fourth-order valence-electron chi connectivity index (χ4n) is 2.81. The van der Waals surface area contributed by atoms with Gasteiger partial charge in [0.05, 0.1) is 6.54 Å². The molecule has 1 aromatic heterocycles. The van der Waals surface area contributed by atoms with Gasteiger partial charge in [-0.15, -0.1) is 24.0 Å². The zero-order valence-corrected chi connectivity index (χ0v) is 17.4. The third-order valence-corrected chi connectivity index (χ3v) is 4.07. The number of rotatable bonds is 5. The molecule has 0 amide bonds. The van der Waals surface area contributed by atoms with Gasteiger partial charge in [-0.25, -0.2) is 0 Å². The van der Waals surface area contributed by atoms with Crippen molar-refractivity contribution in [2.75, 3.05) is 24.5 Å². The highest BCUT2D eigenvalue weighted by molar-refractivity contribution is 14.0. The smallest absolute Gasteiger partial charge is 0.228 e. The van der Waals surface area contributed by atoms with Crippen LogP contribution in [0.25, 0.3) is 0 Å². The van der Waals surface area contributed by atoms with E-state index in [1.807, 2.05) is 0 Å². The number of nitrogens with zero attached hydrogens (tertiary/aromatic N) is 4. The second-order valence-electron chi connectivity index (χ2n) is 6.22. The molecule has 2 heterocycles. The summed E-state index contributed by atoms with van der Waals surface area (Å²) >= 11 is 0. The molecule has 1 N–H and O–H groups in total. The molecule has 6 nitrogen and oxygen atoms in total. The first-order chi connectivity index (χ1) is 11.7. The van der Waals surface area contributed by atoms with Crippen molar-refractivity contribution in [3.63, 3.8) is 0 Å². The molecule has 136 valence electrons. The number of aliphatic imine (C=N–C) groups is 1. The fourth-order valence-corrected chi connectivity index (χ4v) is 2.81. The molecular weight excluding hydrogens is 429 g/mol. The van der Waals surface area contributed by atoms with Crippen molar-refractivity contribution < 1.29 is 4.52 Å². The lowest BCUT2D eigenvalue weighted by Crippen LogP contribution is -2.40. The maximum Gasteiger partial charge on any atom is 0.228 e. The topological polar surface area (TPSA) is 66.5 Å². The van der Waals surface area contributed by atoms with Gasteiger partial charge in [-0.3, -0.25) is 4.99 Å². The third kappa shape index (κ3) is 4.71. The first kappa shape index (κ1) is 19.7. The van der Waals surface area contributed by atoms with E-state index in [4.69, 9.17) is 9.52 Å². The van der Waals surface area contributed by atoms with E-state index < -0.39 is 0 Å². The summed E-state index contributed by atoms with van der Waals surface area (Å²) in [5.74, 6) is 2.62. The highest BCUT2D eigenvalue weighted by Crippen LogP contribution is 2.27. The SMILES string of the molecule is CCNC(=NCCc1nc(C(C)C)no1)N1CCc2ccccc21.I. The van der Waals surface area contributed by atoms with Crippen LogP contribution in [-0.4, -0.2) is 35.7 Å².